The molecule has 0 atom stereocenters. The number of hydrogen-bond acceptors (Lipinski definition) is 4. The van der Waals surface area contributed by atoms with E-state index < -0.39 is 29.3 Å². The fraction of sp³-hybridized carbons (Fsp3) is 0.121. The van der Waals surface area contributed by atoms with Gasteiger partial charge in [0, 0.05) is 87.0 Å². The summed E-state index contributed by atoms with van der Waals surface area (Å²) in [5, 5.41) is 10.9. The summed E-state index contributed by atoms with van der Waals surface area (Å²) in [6.45, 7) is 13.2. The van der Waals surface area contributed by atoms with E-state index in [1.165, 1.54) is 29.8 Å². The van der Waals surface area contributed by atoms with Crippen molar-refractivity contribution >= 4 is 67.5 Å². The maximum absolute atomic E-state index is 14.0. The number of aromatic nitrogens is 3. The lowest BCUT2D eigenvalue weighted by molar-refractivity contribution is -0.138. The first-order valence-electron chi connectivity index (χ1n) is 23.0. The van der Waals surface area contributed by atoms with Crippen molar-refractivity contribution in [2.45, 2.75) is 38.9 Å². The summed E-state index contributed by atoms with van der Waals surface area (Å²) >= 11 is 0. The van der Waals surface area contributed by atoms with Gasteiger partial charge in [-0.2, -0.15) is 26.3 Å². The molecule has 9 aromatic rings. The number of alkyl halides is 6. The van der Waals surface area contributed by atoms with Crippen LogP contribution in [0.1, 0.15) is 33.4 Å². The van der Waals surface area contributed by atoms with Gasteiger partial charge in [0.2, 0.25) is 17.7 Å². The van der Waals surface area contributed by atoms with Crippen LogP contribution < -0.4 is 20.7 Å². The van der Waals surface area contributed by atoms with Gasteiger partial charge in [-0.05, 0) is 151 Å². The summed E-state index contributed by atoms with van der Waals surface area (Å²) in [6, 6.07) is 35.9. The first-order valence-corrected chi connectivity index (χ1v) is 23.0. The van der Waals surface area contributed by atoms with Gasteiger partial charge in [0.1, 0.15) is 11.6 Å². The molecule has 10 nitrogen and oxygen atoms in total. The van der Waals surface area contributed by atoms with Gasteiger partial charge in [0.25, 0.3) is 0 Å². The fourth-order valence-electron chi connectivity index (χ4n) is 8.16. The maximum atomic E-state index is 14.0. The number of nitrogens with zero attached hydrogens (tertiary/aromatic N) is 3. The van der Waals surface area contributed by atoms with Crippen molar-refractivity contribution in [3.63, 3.8) is 0 Å². The lowest BCUT2D eigenvalue weighted by atomic mass is 10.1. The van der Waals surface area contributed by atoms with Crippen molar-refractivity contribution in [2.24, 2.45) is 0 Å². The molecule has 3 heterocycles. The first kappa shape index (κ1) is 53.7. The molecule has 3 amide bonds. The summed E-state index contributed by atoms with van der Waals surface area (Å²) < 4.78 is 102. The van der Waals surface area contributed by atoms with Crippen molar-refractivity contribution in [2.75, 3.05) is 23.1 Å². The van der Waals surface area contributed by atoms with E-state index in [1.54, 1.807) is 54.3 Å². The SMILES string of the molecule is C=CC(=O)Nc1ccc2c(c1)c(C)cn2Cc1cccc(C(F)(F)F)c1.C=CC(=O)Nc1ccc2c(ccn2Cc2cc(C(F)(F)F)ccc2F)c1.C=CC(=O)Nc1ccc2c(ccn2Cc2cccc(OC)c2)c1. The lowest BCUT2D eigenvalue weighted by Gasteiger charge is -2.11. The summed E-state index contributed by atoms with van der Waals surface area (Å²) in [5.41, 5.74) is 5.79. The summed E-state index contributed by atoms with van der Waals surface area (Å²) in [6.07, 6.45) is 0.305. The number of fused-ring (bicyclic) bond motifs is 3. The summed E-state index contributed by atoms with van der Waals surface area (Å²) in [4.78, 5) is 34.2. The zero-order chi connectivity index (χ0) is 54.0. The molecular formula is C58H49F7N6O4. The smallest absolute Gasteiger partial charge is 0.416 e. The topological polar surface area (TPSA) is 111 Å². The van der Waals surface area contributed by atoms with E-state index in [0.717, 1.165) is 81.1 Å². The number of ether oxygens (including phenoxy) is 1. The van der Waals surface area contributed by atoms with E-state index in [1.807, 2.05) is 78.5 Å². The van der Waals surface area contributed by atoms with Crippen LogP contribution in [0.2, 0.25) is 0 Å². The van der Waals surface area contributed by atoms with Crippen LogP contribution in [0.3, 0.4) is 0 Å². The molecule has 3 N–H and O–H groups in total. The number of carbonyl (C=O) groups is 3. The minimum atomic E-state index is -4.53. The number of amides is 3. The predicted octanol–water partition coefficient (Wildman–Crippen LogP) is 13.9. The second-order valence-corrected chi connectivity index (χ2v) is 17.0. The van der Waals surface area contributed by atoms with Gasteiger partial charge in [-0.25, -0.2) is 4.39 Å². The average Bonchev–Trinajstić information content (AvgIpc) is 4.08. The van der Waals surface area contributed by atoms with E-state index in [4.69, 9.17) is 4.74 Å². The Balaban J connectivity index is 0.000000164. The molecule has 3 aromatic heterocycles. The molecule has 9 rings (SSSR count). The molecule has 17 heteroatoms. The number of carbonyl (C=O) groups excluding carboxylic acids is 3. The Kier molecular flexibility index (Phi) is 16.6. The van der Waals surface area contributed by atoms with Crippen LogP contribution in [0, 0.1) is 12.7 Å². The van der Waals surface area contributed by atoms with Crippen LogP contribution in [0.25, 0.3) is 32.7 Å². The largest absolute Gasteiger partial charge is 0.497 e. The molecule has 0 saturated heterocycles. The highest BCUT2D eigenvalue weighted by Crippen LogP contribution is 2.33. The van der Waals surface area contributed by atoms with Gasteiger partial charge in [0.15, 0.2) is 0 Å². The number of hydrogen-bond donors (Lipinski definition) is 3. The molecule has 0 spiro atoms. The standard InChI is InChI=1S/C20H17F3N2O.C19H14F4N2O.C19H18N2O2/c1-3-19(26)24-16-7-8-18-17(10-16)13(2)11-25(18)12-14-5-4-6-15(9-14)20(21,22)23;1-2-18(26)24-15-4-6-17-12(10-15)7-8-25(17)11-13-9-14(19(21,22)23)3-5-16(13)20;1-3-19(22)20-16-7-8-18-15(12-16)9-10-21(18)13-14-5-4-6-17(11-14)23-2/h3-11H,1,12H2,2H3,(H,24,26);2-10H,1,11H2,(H,24,26);3-12H,1,13H2,2H3,(H,20,22). The van der Waals surface area contributed by atoms with Crippen LogP contribution in [-0.2, 0) is 46.4 Å². The third kappa shape index (κ3) is 13.7. The molecule has 0 fully saturated rings. The zero-order valence-electron chi connectivity index (χ0n) is 40.5. The zero-order valence-corrected chi connectivity index (χ0v) is 40.5. The van der Waals surface area contributed by atoms with Crippen LogP contribution in [0.4, 0.5) is 47.8 Å². The Bertz CT molecular complexity index is 3590. The van der Waals surface area contributed by atoms with Crippen LogP contribution in [0.5, 0.6) is 5.75 Å². The van der Waals surface area contributed by atoms with Crippen molar-refractivity contribution in [3.05, 3.63) is 229 Å². The van der Waals surface area contributed by atoms with Gasteiger partial charge in [-0.1, -0.05) is 44.0 Å². The number of aryl methyl sites for hydroxylation is 1. The van der Waals surface area contributed by atoms with Crippen LogP contribution in [0.15, 0.2) is 190 Å². The van der Waals surface area contributed by atoms with Gasteiger partial charge in [-0.15, -0.1) is 0 Å². The Morgan fingerprint density at radius 2 is 1.03 bits per heavy atom. The highest BCUT2D eigenvalue weighted by molar-refractivity contribution is 6.02. The summed E-state index contributed by atoms with van der Waals surface area (Å²) in [7, 11) is 1.67. The van der Waals surface area contributed by atoms with Gasteiger partial charge >= 0.3 is 12.4 Å². The second-order valence-electron chi connectivity index (χ2n) is 17.0. The van der Waals surface area contributed by atoms with Crippen molar-refractivity contribution in [1.82, 2.24) is 13.7 Å². The quantitative estimate of drug-likeness (QED) is 0.0789. The van der Waals surface area contributed by atoms with Gasteiger partial charge in [-0.3, -0.25) is 14.4 Å². The Morgan fingerprint density at radius 1 is 0.547 bits per heavy atom. The Morgan fingerprint density at radius 3 is 1.56 bits per heavy atom. The predicted molar refractivity (Wildman–Crippen MR) is 280 cm³/mol. The molecule has 0 bridgehead atoms. The molecule has 384 valence electrons. The molecular weight excluding hydrogens is 978 g/mol. The van der Waals surface area contributed by atoms with Gasteiger partial charge < -0.3 is 34.4 Å². The normalized spacial score (nSPS) is 11.2. The average molecular weight is 1030 g/mol. The number of rotatable bonds is 13. The minimum Gasteiger partial charge on any atom is -0.497 e. The second kappa shape index (κ2) is 23.2. The molecule has 0 aliphatic rings. The minimum absolute atomic E-state index is 0.0440. The van der Waals surface area contributed by atoms with E-state index in [2.05, 4.69) is 46.3 Å². The van der Waals surface area contributed by atoms with Crippen molar-refractivity contribution in [3.8, 4) is 5.75 Å². The summed E-state index contributed by atoms with van der Waals surface area (Å²) in [5.74, 6) is -0.705. The first-order chi connectivity index (χ1) is 35.7. The third-order valence-corrected chi connectivity index (χ3v) is 11.8. The maximum Gasteiger partial charge on any atom is 0.416 e. The van der Waals surface area contributed by atoms with Gasteiger partial charge in [0.05, 0.1) is 24.8 Å². The van der Waals surface area contributed by atoms with Crippen molar-refractivity contribution in [1.29, 1.82) is 0 Å². The van der Waals surface area contributed by atoms with Crippen LogP contribution >= 0.6 is 0 Å². The number of methoxy groups -OCH3 is 1. The molecule has 0 unspecified atom stereocenters. The van der Waals surface area contributed by atoms with Crippen molar-refractivity contribution < 1.29 is 49.9 Å². The molecule has 0 aliphatic carbocycles. The molecule has 0 radical (unpaired) electrons. The molecule has 75 heavy (non-hydrogen) atoms. The highest BCUT2D eigenvalue weighted by Gasteiger charge is 2.32. The number of benzene rings is 6. The lowest BCUT2D eigenvalue weighted by Crippen LogP contribution is -2.08. The van der Waals surface area contributed by atoms with E-state index in [0.29, 0.717) is 29.0 Å². The monoisotopic (exact) mass is 1030 g/mol. The van der Waals surface area contributed by atoms with E-state index >= 15 is 0 Å². The Hall–Kier alpha value is -9.12. The number of anilines is 3. The molecule has 0 saturated carbocycles. The van der Waals surface area contributed by atoms with E-state index in [-0.39, 0.29) is 29.8 Å². The highest BCUT2D eigenvalue weighted by atomic mass is 19.4. The van der Waals surface area contributed by atoms with E-state index in [9.17, 15) is 45.1 Å². The molecule has 0 aliphatic heterocycles. The fourth-order valence-corrected chi connectivity index (χ4v) is 8.16. The number of nitrogens with one attached hydrogen (secondary N) is 3. The Labute approximate surface area is 426 Å². The molecule has 6 aromatic carbocycles. The van der Waals surface area contributed by atoms with Crippen LogP contribution in [-0.4, -0.2) is 38.5 Å². The third-order valence-electron chi connectivity index (χ3n) is 11.8. The number of halogens is 7.